The van der Waals surface area contributed by atoms with Gasteiger partial charge in [-0.3, -0.25) is 4.79 Å². The summed E-state index contributed by atoms with van der Waals surface area (Å²) in [6, 6.07) is 4.16. The SMILES string of the molecule is COC(=O)C[C@H](N)c1cc(C#N)cc(Br)c1O.Cl. The van der Waals surface area contributed by atoms with Gasteiger partial charge in [-0.25, -0.2) is 0 Å². The molecule has 1 aromatic rings. The smallest absolute Gasteiger partial charge is 0.307 e. The Hall–Kier alpha value is -1.29. The molecule has 1 rings (SSSR count). The second-order valence-electron chi connectivity index (χ2n) is 3.39. The second kappa shape index (κ2) is 7.21. The molecule has 0 spiro atoms. The van der Waals surface area contributed by atoms with Crippen LogP contribution in [0.4, 0.5) is 0 Å². The molecule has 98 valence electrons. The molecule has 0 fully saturated rings. The van der Waals surface area contributed by atoms with Crippen molar-refractivity contribution in [3.63, 3.8) is 0 Å². The first-order chi connectivity index (χ1) is 7.99. The van der Waals surface area contributed by atoms with Crippen molar-refractivity contribution in [1.82, 2.24) is 0 Å². The quantitative estimate of drug-likeness (QED) is 0.824. The highest BCUT2D eigenvalue weighted by atomic mass is 79.9. The number of esters is 1. The van der Waals surface area contributed by atoms with Crippen LogP contribution in [0.3, 0.4) is 0 Å². The van der Waals surface area contributed by atoms with Crippen molar-refractivity contribution in [3.05, 3.63) is 27.7 Å². The molecule has 3 N–H and O–H groups in total. The summed E-state index contributed by atoms with van der Waals surface area (Å²) < 4.78 is 4.86. The third kappa shape index (κ3) is 3.88. The molecule has 0 bridgehead atoms. The maximum Gasteiger partial charge on any atom is 0.307 e. The number of phenols is 1. The molecule has 0 saturated heterocycles. The minimum atomic E-state index is -0.716. The van der Waals surface area contributed by atoms with E-state index in [1.54, 1.807) is 0 Å². The first kappa shape index (κ1) is 16.7. The van der Waals surface area contributed by atoms with Crippen LogP contribution < -0.4 is 5.73 Å². The highest BCUT2D eigenvalue weighted by Crippen LogP contribution is 2.33. The van der Waals surface area contributed by atoms with Crippen LogP contribution in [0.15, 0.2) is 16.6 Å². The van der Waals surface area contributed by atoms with Gasteiger partial charge in [-0.15, -0.1) is 12.4 Å². The Bertz CT molecular complexity index is 488. The number of methoxy groups -OCH3 is 1. The van der Waals surface area contributed by atoms with E-state index in [0.717, 1.165) is 0 Å². The maximum absolute atomic E-state index is 11.1. The second-order valence-corrected chi connectivity index (χ2v) is 4.25. The Morgan fingerprint density at radius 3 is 2.78 bits per heavy atom. The first-order valence-electron chi connectivity index (χ1n) is 4.74. The monoisotopic (exact) mass is 334 g/mol. The number of aromatic hydroxyl groups is 1. The van der Waals surface area contributed by atoms with Crippen molar-refractivity contribution in [2.45, 2.75) is 12.5 Å². The lowest BCUT2D eigenvalue weighted by atomic mass is 10.0. The van der Waals surface area contributed by atoms with Gasteiger partial charge in [0.25, 0.3) is 0 Å². The van der Waals surface area contributed by atoms with Crippen LogP contribution in [0.1, 0.15) is 23.6 Å². The van der Waals surface area contributed by atoms with E-state index in [1.807, 2.05) is 6.07 Å². The third-order valence-corrected chi connectivity index (χ3v) is 2.84. The van der Waals surface area contributed by atoms with Crippen LogP contribution >= 0.6 is 28.3 Å². The largest absolute Gasteiger partial charge is 0.506 e. The lowest BCUT2D eigenvalue weighted by molar-refractivity contribution is -0.141. The lowest BCUT2D eigenvalue weighted by Crippen LogP contribution is -2.16. The van der Waals surface area contributed by atoms with E-state index < -0.39 is 12.0 Å². The van der Waals surface area contributed by atoms with Crippen molar-refractivity contribution in [3.8, 4) is 11.8 Å². The molecule has 0 aromatic heterocycles. The maximum atomic E-state index is 11.1. The minimum absolute atomic E-state index is 0. The van der Waals surface area contributed by atoms with Crippen LogP contribution in [-0.2, 0) is 9.53 Å². The lowest BCUT2D eigenvalue weighted by Gasteiger charge is -2.13. The summed E-state index contributed by atoms with van der Waals surface area (Å²) >= 11 is 3.12. The summed E-state index contributed by atoms with van der Waals surface area (Å²) in [5.74, 6) is -0.546. The van der Waals surface area contributed by atoms with Gasteiger partial charge in [0.1, 0.15) is 5.75 Å². The topological polar surface area (TPSA) is 96.3 Å². The van der Waals surface area contributed by atoms with Crippen LogP contribution in [0, 0.1) is 11.3 Å². The van der Waals surface area contributed by atoms with Crippen molar-refractivity contribution in [1.29, 1.82) is 5.26 Å². The van der Waals surface area contributed by atoms with Gasteiger partial charge >= 0.3 is 5.97 Å². The fourth-order valence-corrected chi connectivity index (χ4v) is 1.82. The van der Waals surface area contributed by atoms with Gasteiger partial charge in [0, 0.05) is 11.6 Å². The van der Waals surface area contributed by atoms with Crippen LogP contribution in [0.2, 0.25) is 0 Å². The average molecular weight is 336 g/mol. The van der Waals surface area contributed by atoms with E-state index in [-0.39, 0.29) is 24.6 Å². The molecule has 5 nitrogen and oxygen atoms in total. The number of phenolic OH excluding ortho intramolecular Hbond substituents is 1. The predicted molar refractivity (Wildman–Crippen MR) is 71.3 cm³/mol. The van der Waals surface area contributed by atoms with E-state index in [9.17, 15) is 9.90 Å². The van der Waals surface area contributed by atoms with Crippen molar-refractivity contribution in [2.24, 2.45) is 5.73 Å². The Labute approximate surface area is 119 Å². The molecule has 0 radical (unpaired) electrons. The molecule has 0 aliphatic heterocycles. The van der Waals surface area contributed by atoms with E-state index >= 15 is 0 Å². The zero-order valence-electron chi connectivity index (χ0n) is 9.51. The number of halogens is 2. The number of carbonyl (C=O) groups is 1. The summed E-state index contributed by atoms with van der Waals surface area (Å²) in [6.07, 6.45) is -0.0641. The van der Waals surface area contributed by atoms with E-state index in [1.165, 1.54) is 19.2 Å². The van der Waals surface area contributed by atoms with E-state index in [2.05, 4.69) is 20.7 Å². The van der Waals surface area contributed by atoms with Gasteiger partial charge < -0.3 is 15.6 Å². The highest BCUT2D eigenvalue weighted by molar-refractivity contribution is 9.10. The number of hydrogen-bond donors (Lipinski definition) is 2. The van der Waals surface area contributed by atoms with Gasteiger partial charge in [-0.2, -0.15) is 5.26 Å². The number of ether oxygens (including phenoxy) is 1. The van der Waals surface area contributed by atoms with E-state index in [4.69, 9.17) is 11.0 Å². The van der Waals surface area contributed by atoms with Gasteiger partial charge in [-0.1, -0.05) is 0 Å². The molecule has 0 heterocycles. The van der Waals surface area contributed by atoms with Crippen molar-refractivity contribution < 1.29 is 14.6 Å². The highest BCUT2D eigenvalue weighted by Gasteiger charge is 2.18. The minimum Gasteiger partial charge on any atom is -0.506 e. The Balaban J connectivity index is 0.00000289. The summed E-state index contributed by atoms with van der Waals surface area (Å²) in [6.45, 7) is 0. The van der Waals surface area contributed by atoms with Gasteiger partial charge in [0.2, 0.25) is 0 Å². The van der Waals surface area contributed by atoms with Gasteiger partial charge in [0.15, 0.2) is 0 Å². The standard InChI is InChI=1S/C11H11BrN2O3.ClH/c1-17-10(15)4-9(14)7-2-6(5-13)3-8(12)11(7)16;/h2-3,9,16H,4,14H2,1H3;1H/t9-;/m0./s1. The van der Waals surface area contributed by atoms with E-state index in [0.29, 0.717) is 15.6 Å². The van der Waals surface area contributed by atoms with Crippen LogP contribution in [-0.4, -0.2) is 18.2 Å². The summed E-state index contributed by atoms with van der Waals surface area (Å²) in [7, 11) is 1.26. The number of nitriles is 1. The average Bonchev–Trinajstić information content (AvgIpc) is 2.31. The number of carbonyl (C=O) groups excluding carboxylic acids is 1. The Morgan fingerprint density at radius 2 is 2.28 bits per heavy atom. The normalized spacial score (nSPS) is 11.0. The number of rotatable bonds is 3. The fourth-order valence-electron chi connectivity index (χ4n) is 1.34. The Morgan fingerprint density at radius 1 is 1.67 bits per heavy atom. The zero-order chi connectivity index (χ0) is 13.0. The molecule has 0 unspecified atom stereocenters. The number of benzene rings is 1. The molecule has 0 saturated carbocycles. The number of nitrogens with two attached hydrogens (primary N) is 1. The molecule has 1 atom stereocenters. The van der Waals surface area contributed by atoms with Crippen molar-refractivity contribution in [2.75, 3.05) is 7.11 Å². The predicted octanol–water partition coefficient (Wildman–Crippen LogP) is 2.01. The molecule has 0 aliphatic rings. The van der Waals surface area contributed by atoms with Gasteiger partial charge in [0.05, 0.1) is 29.6 Å². The van der Waals surface area contributed by atoms with Crippen molar-refractivity contribution >= 4 is 34.3 Å². The van der Waals surface area contributed by atoms with Gasteiger partial charge in [-0.05, 0) is 28.1 Å². The number of hydrogen-bond acceptors (Lipinski definition) is 5. The number of nitrogens with zero attached hydrogens (tertiary/aromatic N) is 1. The summed E-state index contributed by atoms with van der Waals surface area (Å²) in [5, 5.41) is 18.6. The molecular formula is C11H12BrClN2O3. The Kier molecular flexibility index (Phi) is 6.70. The molecule has 0 amide bonds. The van der Waals surface area contributed by atoms with Crippen LogP contribution in [0.25, 0.3) is 0 Å². The molecular weight excluding hydrogens is 323 g/mol. The van der Waals surface area contributed by atoms with Crippen LogP contribution in [0.5, 0.6) is 5.75 Å². The fraction of sp³-hybridized carbons (Fsp3) is 0.273. The zero-order valence-corrected chi connectivity index (χ0v) is 11.9. The first-order valence-corrected chi connectivity index (χ1v) is 5.53. The molecule has 7 heteroatoms. The molecule has 18 heavy (non-hydrogen) atoms. The molecule has 1 aromatic carbocycles. The molecule has 0 aliphatic carbocycles. The third-order valence-electron chi connectivity index (χ3n) is 2.24. The summed E-state index contributed by atoms with van der Waals surface area (Å²) in [5.41, 5.74) is 6.46. The summed E-state index contributed by atoms with van der Waals surface area (Å²) in [4.78, 5) is 11.1.